The van der Waals surface area contributed by atoms with Crippen LogP contribution in [-0.4, -0.2) is 36.5 Å². The van der Waals surface area contributed by atoms with E-state index >= 15 is 0 Å². The van der Waals surface area contributed by atoms with Crippen molar-refractivity contribution in [3.05, 3.63) is 24.2 Å². The first kappa shape index (κ1) is 13.1. The van der Waals surface area contributed by atoms with E-state index in [1.807, 2.05) is 30.9 Å². The van der Waals surface area contributed by atoms with E-state index in [4.69, 9.17) is 4.42 Å². The molecule has 1 aromatic rings. The van der Waals surface area contributed by atoms with Gasteiger partial charge >= 0.3 is 0 Å². The Bertz CT molecular complexity index is 371. The van der Waals surface area contributed by atoms with Gasteiger partial charge in [0.15, 0.2) is 0 Å². The highest BCUT2D eigenvalue weighted by atomic mass is 16.3. The van der Waals surface area contributed by atoms with Gasteiger partial charge in [-0.2, -0.15) is 0 Å². The van der Waals surface area contributed by atoms with E-state index in [1.54, 1.807) is 6.26 Å². The van der Waals surface area contributed by atoms with E-state index in [1.165, 1.54) is 0 Å². The van der Waals surface area contributed by atoms with Gasteiger partial charge in [0.1, 0.15) is 5.76 Å². The summed E-state index contributed by atoms with van der Waals surface area (Å²) in [6.07, 6.45) is 3.58. The molecule has 18 heavy (non-hydrogen) atoms. The zero-order chi connectivity index (χ0) is 13.0. The maximum atomic E-state index is 12.3. The summed E-state index contributed by atoms with van der Waals surface area (Å²) in [5.74, 6) is 1.59. The van der Waals surface area contributed by atoms with Crippen LogP contribution in [0, 0.1) is 0 Å². The molecule has 0 aliphatic carbocycles. The number of rotatable bonds is 4. The minimum absolute atomic E-state index is 0.0613. The van der Waals surface area contributed by atoms with Gasteiger partial charge in [0.25, 0.3) is 0 Å². The SMILES string of the molecule is CCN(CC)C(=O)C1CC(c2ccco2)CCN1. The summed E-state index contributed by atoms with van der Waals surface area (Å²) in [5.41, 5.74) is 0. The number of furan rings is 1. The molecule has 1 fully saturated rings. The van der Waals surface area contributed by atoms with Gasteiger partial charge in [0.05, 0.1) is 12.3 Å². The fraction of sp³-hybridized carbons (Fsp3) is 0.643. The lowest BCUT2D eigenvalue weighted by Gasteiger charge is -2.32. The molecule has 4 heteroatoms. The first-order valence-corrected chi connectivity index (χ1v) is 6.81. The fourth-order valence-corrected chi connectivity index (χ4v) is 2.64. The lowest BCUT2D eigenvalue weighted by Crippen LogP contribution is -2.49. The van der Waals surface area contributed by atoms with E-state index < -0.39 is 0 Å². The van der Waals surface area contributed by atoms with Crippen molar-refractivity contribution >= 4 is 5.91 Å². The Morgan fingerprint density at radius 2 is 2.28 bits per heavy atom. The highest BCUT2D eigenvalue weighted by Gasteiger charge is 2.30. The summed E-state index contributed by atoms with van der Waals surface area (Å²) in [4.78, 5) is 14.2. The number of nitrogens with one attached hydrogen (secondary N) is 1. The van der Waals surface area contributed by atoms with Gasteiger partial charge < -0.3 is 14.6 Å². The van der Waals surface area contributed by atoms with Crippen molar-refractivity contribution < 1.29 is 9.21 Å². The highest BCUT2D eigenvalue weighted by Crippen LogP contribution is 2.28. The summed E-state index contributed by atoms with van der Waals surface area (Å²) in [6.45, 7) is 6.48. The molecule has 1 aromatic heterocycles. The number of carbonyl (C=O) groups is 1. The Hall–Kier alpha value is -1.29. The van der Waals surface area contributed by atoms with E-state index in [9.17, 15) is 4.79 Å². The third-order valence-electron chi connectivity index (χ3n) is 3.72. The minimum atomic E-state index is -0.0613. The average Bonchev–Trinajstić information content (AvgIpc) is 2.94. The lowest BCUT2D eigenvalue weighted by molar-refractivity contribution is -0.133. The molecular weight excluding hydrogens is 228 g/mol. The largest absolute Gasteiger partial charge is 0.469 e. The molecule has 1 amide bonds. The zero-order valence-corrected chi connectivity index (χ0v) is 11.2. The van der Waals surface area contributed by atoms with E-state index in [0.717, 1.165) is 38.2 Å². The van der Waals surface area contributed by atoms with Gasteiger partial charge in [-0.15, -0.1) is 0 Å². The van der Waals surface area contributed by atoms with Crippen LogP contribution in [0.4, 0.5) is 0 Å². The number of nitrogens with zero attached hydrogens (tertiary/aromatic N) is 1. The maximum absolute atomic E-state index is 12.3. The Balaban J connectivity index is 2.00. The van der Waals surface area contributed by atoms with Crippen molar-refractivity contribution in [3.8, 4) is 0 Å². The summed E-state index contributed by atoms with van der Waals surface area (Å²) in [7, 11) is 0. The molecule has 0 spiro atoms. The number of piperidine rings is 1. The molecule has 2 heterocycles. The lowest BCUT2D eigenvalue weighted by atomic mass is 9.90. The Labute approximate surface area is 108 Å². The number of hydrogen-bond acceptors (Lipinski definition) is 3. The Morgan fingerprint density at radius 1 is 1.50 bits per heavy atom. The first-order chi connectivity index (χ1) is 8.76. The van der Waals surface area contributed by atoms with Crippen molar-refractivity contribution in [3.63, 3.8) is 0 Å². The van der Waals surface area contributed by atoms with Gasteiger partial charge in [-0.05, 0) is 45.4 Å². The number of amides is 1. The predicted molar refractivity (Wildman–Crippen MR) is 70.4 cm³/mol. The number of hydrogen-bond donors (Lipinski definition) is 1. The van der Waals surface area contributed by atoms with Crippen LogP contribution >= 0.6 is 0 Å². The van der Waals surface area contributed by atoms with Gasteiger partial charge in [-0.1, -0.05) is 0 Å². The highest BCUT2D eigenvalue weighted by molar-refractivity contribution is 5.82. The van der Waals surface area contributed by atoms with E-state index in [-0.39, 0.29) is 11.9 Å². The molecule has 1 aliphatic rings. The molecule has 1 N–H and O–H groups in total. The second-order valence-corrected chi connectivity index (χ2v) is 4.75. The second-order valence-electron chi connectivity index (χ2n) is 4.75. The molecule has 2 atom stereocenters. The third kappa shape index (κ3) is 2.75. The van der Waals surface area contributed by atoms with Crippen LogP contribution in [0.2, 0.25) is 0 Å². The predicted octanol–water partition coefficient (Wildman–Crippen LogP) is 1.98. The number of likely N-dealkylation sites (N-methyl/N-ethyl adjacent to an activating group) is 1. The summed E-state index contributed by atoms with van der Waals surface area (Å²) in [6, 6.07) is 3.86. The van der Waals surface area contributed by atoms with Crippen LogP contribution in [-0.2, 0) is 4.79 Å². The van der Waals surface area contributed by atoms with Crippen molar-refractivity contribution in [1.29, 1.82) is 0 Å². The molecule has 1 aliphatic heterocycles. The molecule has 1 saturated heterocycles. The van der Waals surface area contributed by atoms with Crippen molar-refractivity contribution in [2.24, 2.45) is 0 Å². The topological polar surface area (TPSA) is 45.5 Å². The molecule has 0 bridgehead atoms. The molecule has 0 saturated carbocycles. The smallest absolute Gasteiger partial charge is 0.239 e. The van der Waals surface area contributed by atoms with Crippen molar-refractivity contribution in [2.45, 2.75) is 38.6 Å². The van der Waals surface area contributed by atoms with Crippen molar-refractivity contribution in [2.75, 3.05) is 19.6 Å². The first-order valence-electron chi connectivity index (χ1n) is 6.81. The van der Waals surface area contributed by atoms with Crippen molar-refractivity contribution in [1.82, 2.24) is 10.2 Å². The molecule has 4 nitrogen and oxygen atoms in total. The van der Waals surface area contributed by atoms with Crippen LogP contribution < -0.4 is 5.32 Å². The standard InChI is InChI=1S/C14H22N2O2/c1-3-16(4-2)14(17)12-10-11(7-8-15-12)13-6-5-9-18-13/h5-6,9,11-12,15H,3-4,7-8,10H2,1-2H3. The third-order valence-corrected chi connectivity index (χ3v) is 3.72. The quantitative estimate of drug-likeness (QED) is 0.888. The molecule has 0 aromatic carbocycles. The van der Waals surface area contributed by atoms with Crippen LogP contribution in [0.15, 0.2) is 22.8 Å². The van der Waals surface area contributed by atoms with E-state index in [0.29, 0.717) is 5.92 Å². The van der Waals surface area contributed by atoms with Crippen LogP contribution in [0.1, 0.15) is 38.4 Å². The molecule has 0 radical (unpaired) electrons. The Kier molecular flexibility index (Phi) is 4.42. The van der Waals surface area contributed by atoms with Gasteiger partial charge in [0.2, 0.25) is 5.91 Å². The molecular formula is C14H22N2O2. The van der Waals surface area contributed by atoms with Gasteiger partial charge in [0, 0.05) is 19.0 Å². The van der Waals surface area contributed by atoms with Crippen LogP contribution in [0.25, 0.3) is 0 Å². The molecule has 2 rings (SSSR count). The average molecular weight is 250 g/mol. The summed E-state index contributed by atoms with van der Waals surface area (Å²) >= 11 is 0. The van der Waals surface area contributed by atoms with E-state index in [2.05, 4.69) is 5.32 Å². The zero-order valence-electron chi connectivity index (χ0n) is 11.2. The fourth-order valence-electron chi connectivity index (χ4n) is 2.64. The Morgan fingerprint density at radius 3 is 2.89 bits per heavy atom. The summed E-state index contributed by atoms with van der Waals surface area (Å²) in [5, 5.41) is 3.33. The molecule has 100 valence electrons. The monoisotopic (exact) mass is 250 g/mol. The second kappa shape index (κ2) is 6.05. The maximum Gasteiger partial charge on any atom is 0.239 e. The number of carbonyl (C=O) groups excluding carboxylic acids is 1. The summed E-state index contributed by atoms with van der Waals surface area (Å²) < 4.78 is 5.46. The van der Waals surface area contributed by atoms with Gasteiger partial charge in [-0.25, -0.2) is 0 Å². The van der Waals surface area contributed by atoms with Gasteiger partial charge in [-0.3, -0.25) is 4.79 Å². The normalized spacial score (nSPS) is 23.9. The van der Waals surface area contributed by atoms with Crippen LogP contribution in [0.5, 0.6) is 0 Å². The molecule has 2 unspecified atom stereocenters. The van der Waals surface area contributed by atoms with Crippen LogP contribution in [0.3, 0.4) is 0 Å². The minimum Gasteiger partial charge on any atom is -0.469 e.